The zero-order valence-electron chi connectivity index (χ0n) is 24.1. The first-order chi connectivity index (χ1) is 19.6. The predicted octanol–water partition coefficient (Wildman–Crippen LogP) is 3.01. The molecule has 1 aromatic carbocycles. The average Bonchev–Trinajstić information content (AvgIpc) is 2.92. The van der Waals surface area contributed by atoms with Crippen LogP contribution in [0, 0.1) is 0 Å². The molecule has 8 N–H and O–H groups in total. The Morgan fingerprint density at radius 2 is 1.44 bits per heavy atom. The molecule has 0 aromatic heterocycles. The van der Waals surface area contributed by atoms with E-state index in [9.17, 15) is 45.6 Å². The number of aromatic hydroxyl groups is 3. The number of hydrogen-bond donors (Lipinski definition) is 8. The van der Waals surface area contributed by atoms with Crippen molar-refractivity contribution in [2.75, 3.05) is 6.61 Å². The minimum atomic E-state index is -1.51. The van der Waals surface area contributed by atoms with Gasteiger partial charge in [-0.3, -0.25) is 4.79 Å². The monoisotopic (exact) mass is 586 g/mol. The highest BCUT2D eigenvalue weighted by Crippen LogP contribution is 2.33. The van der Waals surface area contributed by atoms with Gasteiger partial charge in [-0.05, 0) is 25.7 Å². The van der Waals surface area contributed by atoms with Gasteiger partial charge < -0.3 is 50.3 Å². The SMILES string of the molecule is CCCCC(O)CC(CCCCCCCCCCC(=O)c1c(O)cc(O)cc1O)OC1O[C@H](CO)[C@@H](O)[C@H](O)[C@@H]1O. The molecule has 0 saturated carbocycles. The van der Waals surface area contributed by atoms with Crippen LogP contribution in [0.25, 0.3) is 0 Å². The van der Waals surface area contributed by atoms with Gasteiger partial charge in [-0.25, -0.2) is 0 Å². The molecule has 0 bridgehead atoms. The number of rotatable bonds is 20. The van der Waals surface area contributed by atoms with E-state index in [0.29, 0.717) is 25.7 Å². The van der Waals surface area contributed by atoms with Crippen LogP contribution in [0.15, 0.2) is 12.1 Å². The fraction of sp³-hybridized carbons (Fsp3) is 0.767. The summed E-state index contributed by atoms with van der Waals surface area (Å²) in [5.41, 5.74) is -0.158. The van der Waals surface area contributed by atoms with Crippen molar-refractivity contribution in [1.29, 1.82) is 0 Å². The Kier molecular flexibility index (Phi) is 15.9. The van der Waals surface area contributed by atoms with E-state index in [-0.39, 0.29) is 23.5 Å². The lowest BCUT2D eigenvalue weighted by atomic mass is 9.98. The number of ketones is 1. The van der Waals surface area contributed by atoms with E-state index < -0.39 is 61.0 Å². The minimum absolute atomic E-state index is 0.158. The molecule has 1 saturated heterocycles. The molecule has 236 valence electrons. The van der Waals surface area contributed by atoms with Gasteiger partial charge in [-0.15, -0.1) is 0 Å². The van der Waals surface area contributed by atoms with Crippen LogP contribution >= 0.6 is 0 Å². The fourth-order valence-electron chi connectivity index (χ4n) is 5.20. The summed E-state index contributed by atoms with van der Waals surface area (Å²) in [5.74, 6) is -1.52. The molecule has 2 rings (SSSR count). The number of phenolic OH excluding ortho intramolecular Hbond substituents is 3. The molecule has 0 spiro atoms. The van der Waals surface area contributed by atoms with Crippen molar-refractivity contribution in [2.24, 2.45) is 0 Å². The average molecular weight is 587 g/mol. The number of carbonyl (C=O) groups is 1. The smallest absolute Gasteiger partial charge is 0.186 e. The second kappa shape index (κ2) is 18.5. The van der Waals surface area contributed by atoms with Gasteiger partial charge in [0, 0.05) is 18.6 Å². The number of aliphatic hydroxyl groups excluding tert-OH is 5. The Morgan fingerprint density at radius 1 is 0.854 bits per heavy atom. The fourth-order valence-corrected chi connectivity index (χ4v) is 5.20. The van der Waals surface area contributed by atoms with E-state index in [2.05, 4.69) is 0 Å². The number of Topliss-reactive ketones (excluding diaryl/α,β-unsaturated/α-hetero) is 1. The molecule has 1 aromatic rings. The van der Waals surface area contributed by atoms with Gasteiger partial charge in [0.25, 0.3) is 0 Å². The molecule has 11 nitrogen and oxygen atoms in total. The van der Waals surface area contributed by atoms with E-state index in [4.69, 9.17) is 9.47 Å². The van der Waals surface area contributed by atoms with Gasteiger partial charge in [0.15, 0.2) is 12.1 Å². The normalized spacial score (nSPS) is 24.3. The summed E-state index contributed by atoms with van der Waals surface area (Å²) in [4.78, 5) is 12.3. The molecule has 0 aliphatic carbocycles. The number of benzene rings is 1. The van der Waals surface area contributed by atoms with Crippen LogP contribution in [0.1, 0.15) is 107 Å². The van der Waals surface area contributed by atoms with E-state index in [1.165, 1.54) is 0 Å². The summed E-state index contributed by atoms with van der Waals surface area (Å²) in [6, 6.07) is 2.07. The van der Waals surface area contributed by atoms with Crippen LogP contribution in [-0.2, 0) is 9.47 Å². The van der Waals surface area contributed by atoms with E-state index in [1.54, 1.807) is 0 Å². The first kappa shape index (κ1) is 35.2. The molecule has 1 heterocycles. The van der Waals surface area contributed by atoms with Gasteiger partial charge in [0.2, 0.25) is 0 Å². The summed E-state index contributed by atoms with van der Waals surface area (Å²) in [7, 11) is 0. The van der Waals surface area contributed by atoms with Crippen LogP contribution in [0.5, 0.6) is 17.2 Å². The zero-order chi connectivity index (χ0) is 30.4. The van der Waals surface area contributed by atoms with Crippen LogP contribution in [0.4, 0.5) is 0 Å². The summed E-state index contributed by atoms with van der Waals surface area (Å²) in [5, 5.41) is 79.3. The predicted molar refractivity (Wildman–Crippen MR) is 151 cm³/mol. The molecular formula is C30H50O11. The molecule has 1 aliphatic heterocycles. The molecule has 7 atom stereocenters. The highest BCUT2D eigenvalue weighted by molar-refractivity contribution is 6.01. The Morgan fingerprint density at radius 3 is 2.02 bits per heavy atom. The lowest BCUT2D eigenvalue weighted by Gasteiger charge is -2.41. The lowest BCUT2D eigenvalue weighted by Crippen LogP contribution is -2.59. The Labute approximate surface area is 242 Å². The van der Waals surface area contributed by atoms with Crippen LogP contribution in [-0.4, -0.2) is 96.2 Å². The zero-order valence-corrected chi connectivity index (χ0v) is 24.1. The third-order valence-electron chi connectivity index (χ3n) is 7.64. The molecule has 41 heavy (non-hydrogen) atoms. The molecule has 1 fully saturated rings. The molecule has 0 radical (unpaired) electrons. The number of aliphatic hydroxyl groups is 5. The second-order valence-corrected chi connectivity index (χ2v) is 11.1. The number of hydrogen-bond acceptors (Lipinski definition) is 11. The second-order valence-electron chi connectivity index (χ2n) is 11.1. The topological polar surface area (TPSA) is 197 Å². The Balaban J connectivity index is 1.69. The van der Waals surface area contributed by atoms with Gasteiger partial charge in [0.05, 0.1) is 18.8 Å². The molecule has 11 heteroatoms. The summed E-state index contributed by atoms with van der Waals surface area (Å²) < 4.78 is 11.5. The van der Waals surface area contributed by atoms with Gasteiger partial charge in [0.1, 0.15) is 47.2 Å². The molecule has 1 aliphatic rings. The highest BCUT2D eigenvalue weighted by Gasteiger charge is 2.44. The van der Waals surface area contributed by atoms with Crippen LogP contribution in [0.3, 0.4) is 0 Å². The first-order valence-corrected chi connectivity index (χ1v) is 15.0. The van der Waals surface area contributed by atoms with Crippen molar-refractivity contribution in [3.8, 4) is 17.2 Å². The molecule has 0 amide bonds. The third kappa shape index (κ3) is 11.7. The van der Waals surface area contributed by atoms with Crippen LogP contribution < -0.4 is 0 Å². The van der Waals surface area contributed by atoms with E-state index >= 15 is 0 Å². The maximum absolute atomic E-state index is 12.3. The maximum Gasteiger partial charge on any atom is 0.186 e. The summed E-state index contributed by atoms with van der Waals surface area (Å²) >= 11 is 0. The van der Waals surface area contributed by atoms with E-state index in [0.717, 1.165) is 69.9 Å². The first-order valence-electron chi connectivity index (χ1n) is 15.0. The van der Waals surface area contributed by atoms with Crippen molar-refractivity contribution in [1.82, 2.24) is 0 Å². The molecular weight excluding hydrogens is 536 g/mol. The van der Waals surface area contributed by atoms with Crippen LogP contribution in [0.2, 0.25) is 0 Å². The minimum Gasteiger partial charge on any atom is -0.508 e. The van der Waals surface area contributed by atoms with Crippen molar-refractivity contribution >= 4 is 5.78 Å². The van der Waals surface area contributed by atoms with Gasteiger partial charge in [-0.1, -0.05) is 64.7 Å². The summed E-state index contributed by atoms with van der Waals surface area (Å²) in [6.45, 7) is 1.51. The number of ether oxygens (including phenoxy) is 2. The highest BCUT2D eigenvalue weighted by atomic mass is 16.7. The number of phenols is 3. The lowest BCUT2D eigenvalue weighted by molar-refractivity contribution is -0.313. The van der Waals surface area contributed by atoms with Crippen molar-refractivity contribution < 1.29 is 55.1 Å². The molecule has 3 unspecified atom stereocenters. The maximum atomic E-state index is 12.3. The van der Waals surface area contributed by atoms with Crippen molar-refractivity contribution in [3.63, 3.8) is 0 Å². The van der Waals surface area contributed by atoms with Gasteiger partial charge in [-0.2, -0.15) is 0 Å². The van der Waals surface area contributed by atoms with E-state index in [1.807, 2.05) is 6.92 Å². The third-order valence-corrected chi connectivity index (χ3v) is 7.64. The largest absolute Gasteiger partial charge is 0.508 e. The van der Waals surface area contributed by atoms with Crippen molar-refractivity contribution in [3.05, 3.63) is 17.7 Å². The Bertz CT molecular complexity index is 870. The quantitative estimate of drug-likeness (QED) is 0.0825. The van der Waals surface area contributed by atoms with Crippen molar-refractivity contribution in [2.45, 2.75) is 140 Å². The summed E-state index contributed by atoms with van der Waals surface area (Å²) in [6.07, 6.45) is 3.17. The number of carbonyl (C=O) groups excluding carboxylic acids is 1. The Hall–Kier alpha value is -1.99. The number of unbranched alkanes of at least 4 members (excludes halogenated alkanes) is 8. The standard InChI is InChI=1S/C30H50O11/c1-2-3-12-19(32)15-21(40-30-29(39)28(38)27(37)25(18-31)41-30)13-10-8-6-4-5-7-9-11-14-22(34)26-23(35)16-20(33)17-24(26)36/h16-17,19,21,25,27-33,35-39H,2-15,18H2,1H3/t19?,21?,25-,27-,28+,29+,30?/m1/s1. The van der Waals surface area contributed by atoms with Gasteiger partial charge >= 0.3 is 0 Å².